The molecule has 0 aromatic heterocycles. The molecule has 0 amide bonds. The number of benzene rings is 2. The molecule has 0 saturated carbocycles. The molecule has 0 saturated heterocycles. The number of anilines is 1. The Labute approximate surface area is 132 Å². The van der Waals surface area contributed by atoms with Crippen LogP contribution < -0.4 is 5.32 Å². The molecule has 0 radical (unpaired) electrons. The molecule has 20 heavy (non-hydrogen) atoms. The summed E-state index contributed by atoms with van der Waals surface area (Å²) in [5, 5.41) is 14.0. The Morgan fingerprint density at radius 3 is 2.80 bits per heavy atom. The van der Waals surface area contributed by atoms with E-state index in [1.54, 1.807) is 12.1 Å². The summed E-state index contributed by atoms with van der Waals surface area (Å²) in [6.45, 7) is 0. The number of hydrogen-bond donors (Lipinski definition) is 2. The van der Waals surface area contributed by atoms with Crippen molar-refractivity contribution in [1.82, 2.24) is 0 Å². The van der Waals surface area contributed by atoms with Crippen molar-refractivity contribution in [3.05, 3.63) is 52.0 Å². The zero-order valence-corrected chi connectivity index (χ0v) is 12.9. The highest BCUT2D eigenvalue weighted by molar-refractivity contribution is 7.99. The summed E-state index contributed by atoms with van der Waals surface area (Å²) in [6.07, 6.45) is 1.02. The van der Waals surface area contributed by atoms with Gasteiger partial charge in [-0.3, -0.25) is 0 Å². The number of phenolic OH excluding ortho intramolecular Hbond substituents is 1. The van der Waals surface area contributed by atoms with Gasteiger partial charge < -0.3 is 10.4 Å². The van der Waals surface area contributed by atoms with Crippen molar-refractivity contribution >= 4 is 40.7 Å². The molecule has 0 fully saturated rings. The predicted molar refractivity (Wildman–Crippen MR) is 86.3 cm³/mol. The molecule has 5 heteroatoms. The Kier molecular flexibility index (Phi) is 4.01. The zero-order valence-electron chi connectivity index (χ0n) is 10.6. The van der Waals surface area contributed by atoms with E-state index in [2.05, 4.69) is 11.4 Å². The second-order valence-corrected chi connectivity index (χ2v) is 6.66. The van der Waals surface area contributed by atoms with E-state index in [-0.39, 0.29) is 11.8 Å². The van der Waals surface area contributed by atoms with Gasteiger partial charge in [-0.25, -0.2) is 0 Å². The number of hydrogen-bond acceptors (Lipinski definition) is 3. The van der Waals surface area contributed by atoms with Crippen molar-refractivity contribution in [2.75, 3.05) is 11.1 Å². The van der Waals surface area contributed by atoms with Crippen LogP contribution in [0.3, 0.4) is 0 Å². The first-order valence-corrected chi connectivity index (χ1v) is 8.05. The van der Waals surface area contributed by atoms with Gasteiger partial charge in [0, 0.05) is 21.4 Å². The maximum absolute atomic E-state index is 9.46. The van der Waals surface area contributed by atoms with Crippen LogP contribution in [0.1, 0.15) is 18.0 Å². The van der Waals surface area contributed by atoms with Crippen molar-refractivity contribution in [2.24, 2.45) is 0 Å². The molecular formula is C15H13Cl2NOS. The summed E-state index contributed by atoms with van der Waals surface area (Å²) >= 11 is 13.9. The normalized spacial score (nSPS) is 17.6. The van der Waals surface area contributed by atoms with Crippen LogP contribution in [0.5, 0.6) is 5.75 Å². The Morgan fingerprint density at radius 1 is 1.15 bits per heavy atom. The van der Waals surface area contributed by atoms with E-state index in [0.29, 0.717) is 5.02 Å². The van der Waals surface area contributed by atoms with Gasteiger partial charge >= 0.3 is 0 Å². The molecule has 2 nitrogen and oxygen atoms in total. The lowest BCUT2D eigenvalue weighted by molar-refractivity contribution is 0.475. The highest BCUT2D eigenvalue weighted by Gasteiger charge is 2.21. The van der Waals surface area contributed by atoms with Gasteiger partial charge in [0.05, 0.1) is 11.1 Å². The maximum Gasteiger partial charge on any atom is 0.134 e. The fourth-order valence-corrected chi connectivity index (χ4v) is 3.78. The number of phenols is 1. The average Bonchev–Trinajstić information content (AvgIpc) is 2.44. The zero-order chi connectivity index (χ0) is 14.1. The van der Waals surface area contributed by atoms with E-state index >= 15 is 0 Å². The monoisotopic (exact) mass is 325 g/mol. The predicted octanol–water partition coefficient (Wildman–Crippen LogP) is 5.35. The highest BCUT2D eigenvalue weighted by Crippen LogP contribution is 2.39. The molecule has 0 bridgehead atoms. The van der Waals surface area contributed by atoms with Crippen LogP contribution in [-0.4, -0.2) is 10.9 Å². The smallest absolute Gasteiger partial charge is 0.134 e. The van der Waals surface area contributed by atoms with Gasteiger partial charge in [-0.15, -0.1) is 11.8 Å². The number of fused-ring (bicyclic) bond motifs is 1. The van der Waals surface area contributed by atoms with Crippen molar-refractivity contribution in [1.29, 1.82) is 0 Å². The largest absolute Gasteiger partial charge is 0.506 e. The molecule has 0 aliphatic carbocycles. The fourth-order valence-electron chi connectivity index (χ4n) is 2.31. The van der Waals surface area contributed by atoms with Crippen LogP contribution in [0.25, 0.3) is 0 Å². The quantitative estimate of drug-likeness (QED) is 0.730. The summed E-state index contributed by atoms with van der Waals surface area (Å²) in [6, 6.07) is 11.4. The third kappa shape index (κ3) is 2.85. The van der Waals surface area contributed by atoms with E-state index in [1.165, 1.54) is 10.5 Å². The fraction of sp³-hybridized carbons (Fsp3) is 0.200. The Bertz CT molecular complexity index is 648. The summed E-state index contributed by atoms with van der Waals surface area (Å²) in [4.78, 5) is 1.27. The summed E-state index contributed by atoms with van der Waals surface area (Å²) in [5.41, 5.74) is 2.12. The van der Waals surface area contributed by atoms with E-state index in [0.717, 1.165) is 22.9 Å². The molecule has 104 valence electrons. The van der Waals surface area contributed by atoms with Crippen LogP contribution in [0.15, 0.2) is 41.3 Å². The van der Waals surface area contributed by atoms with Gasteiger partial charge in [-0.05, 0) is 48.4 Å². The van der Waals surface area contributed by atoms with Crippen LogP contribution in [0.4, 0.5) is 5.69 Å². The minimum absolute atomic E-state index is 0.0971. The molecule has 2 N–H and O–H groups in total. The molecule has 1 unspecified atom stereocenters. The first kappa shape index (κ1) is 13.9. The van der Waals surface area contributed by atoms with Gasteiger partial charge in [0.1, 0.15) is 5.75 Å². The first-order valence-electron chi connectivity index (χ1n) is 6.31. The number of aromatic hydroxyl groups is 1. The van der Waals surface area contributed by atoms with Gasteiger partial charge in [-0.1, -0.05) is 23.2 Å². The summed E-state index contributed by atoms with van der Waals surface area (Å²) in [7, 11) is 0. The average molecular weight is 326 g/mol. The lowest BCUT2D eigenvalue weighted by Gasteiger charge is -2.27. The standard InChI is InChI=1S/C15H13Cl2NOS/c16-9-1-4-15-11(7-9)13(5-6-20-15)18-10-2-3-14(19)12(17)8-10/h1-4,7-8,13,18-19H,5-6H2. The van der Waals surface area contributed by atoms with Crippen LogP contribution in [0, 0.1) is 0 Å². The minimum Gasteiger partial charge on any atom is -0.506 e. The molecule has 3 rings (SSSR count). The van der Waals surface area contributed by atoms with Crippen molar-refractivity contribution in [3.8, 4) is 5.75 Å². The SMILES string of the molecule is Oc1ccc(NC2CCSc3ccc(Cl)cc32)cc1Cl. The van der Waals surface area contributed by atoms with Crippen LogP contribution in [0.2, 0.25) is 10.0 Å². The number of nitrogens with one attached hydrogen (secondary N) is 1. The van der Waals surface area contributed by atoms with Crippen LogP contribution >= 0.6 is 35.0 Å². The third-order valence-electron chi connectivity index (χ3n) is 3.30. The van der Waals surface area contributed by atoms with Gasteiger partial charge in [0.2, 0.25) is 0 Å². The molecule has 2 aromatic carbocycles. The van der Waals surface area contributed by atoms with E-state index in [9.17, 15) is 5.11 Å². The minimum atomic E-state index is 0.0971. The van der Waals surface area contributed by atoms with Crippen LogP contribution in [-0.2, 0) is 0 Å². The Morgan fingerprint density at radius 2 is 2.00 bits per heavy atom. The number of halogens is 2. The topological polar surface area (TPSA) is 32.3 Å². The second-order valence-electron chi connectivity index (χ2n) is 4.68. The Balaban J connectivity index is 1.89. The van der Waals surface area contributed by atoms with Crippen molar-refractivity contribution in [2.45, 2.75) is 17.4 Å². The summed E-state index contributed by atoms with van der Waals surface area (Å²) in [5.74, 6) is 1.16. The lowest BCUT2D eigenvalue weighted by Crippen LogP contribution is -2.16. The Hall–Kier alpha value is -1.03. The van der Waals surface area contributed by atoms with E-state index in [4.69, 9.17) is 23.2 Å². The molecule has 2 aromatic rings. The molecule has 1 atom stereocenters. The van der Waals surface area contributed by atoms with Gasteiger partial charge in [0.15, 0.2) is 0 Å². The molecule has 1 aliphatic heterocycles. The van der Waals surface area contributed by atoms with Crippen molar-refractivity contribution in [3.63, 3.8) is 0 Å². The number of rotatable bonds is 2. The van der Waals surface area contributed by atoms with E-state index in [1.807, 2.05) is 30.0 Å². The summed E-state index contributed by atoms with van der Waals surface area (Å²) < 4.78 is 0. The highest BCUT2D eigenvalue weighted by atomic mass is 35.5. The number of thioether (sulfide) groups is 1. The molecule has 1 heterocycles. The molecule has 0 spiro atoms. The van der Waals surface area contributed by atoms with Crippen molar-refractivity contribution < 1.29 is 5.11 Å². The van der Waals surface area contributed by atoms with Gasteiger partial charge in [-0.2, -0.15) is 0 Å². The maximum atomic E-state index is 9.46. The first-order chi connectivity index (χ1) is 9.63. The second kappa shape index (κ2) is 5.76. The molecular weight excluding hydrogens is 313 g/mol. The van der Waals surface area contributed by atoms with E-state index < -0.39 is 0 Å². The molecule has 1 aliphatic rings. The lowest BCUT2D eigenvalue weighted by atomic mass is 10.0. The van der Waals surface area contributed by atoms with Gasteiger partial charge in [0.25, 0.3) is 0 Å². The third-order valence-corrected chi connectivity index (χ3v) is 4.96.